The van der Waals surface area contributed by atoms with Gasteiger partial charge in [-0.3, -0.25) is 4.79 Å². The highest BCUT2D eigenvalue weighted by atomic mass is 32.2. The molecule has 0 fully saturated rings. The SMILES string of the molecule is NC(=O)/C=C1/CCSc2ccccc21. The topological polar surface area (TPSA) is 43.1 Å². The summed E-state index contributed by atoms with van der Waals surface area (Å²) in [6.07, 6.45) is 2.46. The molecule has 1 heterocycles. The zero-order valence-corrected chi connectivity index (χ0v) is 8.51. The average Bonchev–Trinajstić information content (AvgIpc) is 2.18. The number of benzene rings is 1. The van der Waals surface area contributed by atoms with Gasteiger partial charge in [-0.2, -0.15) is 0 Å². The van der Waals surface area contributed by atoms with E-state index in [4.69, 9.17) is 5.73 Å². The number of carbonyl (C=O) groups excluding carboxylic acids is 1. The van der Waals surface area contributed by atoms with Crippen molar-refractivity contribution in [2.24, 2.45) is 5.73 Å². The summed E-state index contributed by atoms with van der Waals surface area (Å²) in [7, 11) is 0. The lowest BCUT2D eigenvalue weighted by molar-refractivity contribution is -0.113. The first-order valence-corrected chi connectivity index (χ1v) is 5.48. The molecule has 0 aromatic heterocycles. The summed E-state index contributed by atoms with van der Waals surface area (Å²) in [6.45, 7) is 0. The third-order valence-corrected chi connectivity index (χ3v) is 3.25. The van der Waals surface area contributed by atoms with Gasteiger partial charge in [0.15, 0.2) is 0 Å². The fourth-order valence-corrected chi connectivity index (χ4v) is 2.66. The number of carbonyl (C=O) groups is 1. The van der Waals surface area contributed by atoms with Crippen molar-refractivity contribution in [1.29, 1.82) is 0 Å². The van der Waals surface area contributed by atoms with Gasteiger partial charge in [0, 0.05) is 16.7 Å². The first kappa shape index (κ1) is 9.34. The number of thioether (sulfide) groups is 1. The summed E-state index contributed by atoms with van der Waals surface area (Å²) in [5, 5.41) is 0. The molecule has 1 aliphatic rings. The molecule has 2 nitrogen and oxygen atoms in total. The molecule has 0 saturated carbocycles. The molecule has 1 aromatic rings. The lowest BCUT2D eigenvalue weighted by Crippen LogP contribution is -2.08. The van der Waals surface area contributed by atoms with Gasteiger partial charge in [0.1, 0.15) is 0 Å². The number of hydrogen-bond acceptors (Lipinski definition) is 2. The van der Waals surface area contributed by atoms with E-state index in [1.165, 1.54) is 4.90 Å². The van der Waals surface area contributed by atoms with Crippen molar-refractivity contribution in [2.75, 3.05) is 5.75 Å². The molecule has 1 aromatic carbocycles. The quantitative estimate of drug-likeness (QED) is 0.713. The maximum atomic E-state index is 10.8. The number of rotatable bonds is 1. The van der Waals surface area contributed by atoms with Crippen LogP contribution in [0.3, 0.4) is 0 Å². The highest BCUT2D eigenvalue weighted by molar-refractivity contribution is 7.99. The van der Waals surface area contributed by atoms with Crippen LogP contribution < -0.4 is 5.73 Å². The molecule has 0 saturated heterocycles. The Morgan fingerprint density at radius 1 is 1.43 bits per heavy atom. The van der Waals surface area contributed by atoms with E-state index in [1.54, 1.807) is 6.08 Å². The predicted octanol–water partition coefficient (Wildman–Crippen LogP) is 2.05. The van der Waals surface area contributed by atoms with E-state index in [-0.39, 0.29) is 5.91 Å². The molecule has 0 unspecified atom stereocenters. The smallest absolute Gasteiger partial charge is 0.241 e. The van der Waals surface area contributed by atoms with Crippen LogP contribution in [0.1, 0.15) is 12.0 Å². The molecule has 0 aliphatic carbocycles. The Kier molecular flexibility index (Phi) is 2.59. The Balaban J connectivity index is 2.45. The maximum absolute atomic E-state index is 10.8. The molecule has 2 rings (SSSR count). The summed E-state index contributed by atoms with van der Waals surface area (Å²) in [4.78, 5) is 12.1. The van der Waals surface area contributed by atoms with Gasteiger partial charge in [-0.05, 0) is 23.6 Å². The van der Waals surface area contributed by atoms with Crippen LogP contribution in [0.2, 0.25) is 0 Å². The second-order valence-corrected chi connectivity index (χ2v) is 4.30. The highest BCUT2D eigenvalue weighted by Crippen LogP contribution is 2.36. The molecule has 2 N–H and O–H groups in total. The summed E-state index contributed by atoms with van der Waals surface area (Å²) < 4.78 is 0. The molecule has 0 atom stereocenters. The van der Waals surface area contributed by atoms with Gasteiger partial charge in [0.05, 0.1) is 0 Å². The molecular weight excluding hydrogens is 194 g/mol. The van der Waals surface area contributed by atoms with Crippen LogP contribution in [0.5, 0.6) is 0 Å². The van der Waals surface area contributed by atoms with Crippen LogP contribution in [0, 0.1) is 0 Å². The first-order valence-electron chi connectivity index (χ1n) is 4.49. The van der Waals surface area contributed by atoms with Gasteiger partial charge < -0.3 is 5.73 Å². The summed E-state index contributed by atoms with van der Waals surface area (Å²) in [5.41, 5.74) is 7.38. The van der Waals surface area contributed by atoms with Crippen LogP contribution in [0.15, 0.2) is 35.2 Å². The summed E-state index contributed by atoms with van der Waals surface area (Å²) >= 11 is 1.83. The minimum atomic E-state index is -0.360. The van der Waals surface area contributed by atoms with Gasteiger partial charge in [0.25, 0.3) is 0 Å². The Morgan fingerprint density at radius 3 is 3.00 bits per heavy atom. The first-order chi connectivity index (χ1) is 6.77. The Morgan fingerprint density at radius 2 is 2.21 bits per heavy atom. The van der Waals surface area contributed by atoms with Crippen LogP contribution in [0.25, 0.3) is 5.57 Å². The van der Waals surface area contributed by atoms with Gasteiger partial charge in [-0.25, -0.2) is 0 Å². The largest absolute Gasteiger partial charge is 0.366 e. The number of nitrogens with two attached hydrogens (primary N) is 1. The van der Waals surface area contributed by atoms with Gasteiger partial charge in [0.2, 0.25) is 5.91 Å². The van der Waals surface area contributed by atoms with Crippen LogP contribution in [-0.2, 0) is 4.79 Å². The molecule has 1 amide bonds. The standard InChI is InChI=1S/C11H11NOS/c12-11(13)7-8-5-6-14-10-4-2-1-3-9(8)10/h1-4,7H,5-6H2,(H2,12,13)/b8-7-. The van der Waals surface area contributed by atoms with Crippen molar-refractivity contribution in [3.8, 4) is 0 Å². The van der Waals surface area contributed by atoms with Crippen LogP contribution in [0.4, 0.5) is 0 Å². The minimum absolute atomic E-state index is 0.360. The molecule has 72 valence electrons. The van der Waals surface area contributed by atoms with Crippen molar-refractivity contribution < 1.29 is 4.79 Å². The lowest BCUT2D eigenvalue weighted by Gasteiger charge is -2.17. The molecule has 14 heavy (non-hydrogen) atoms. The predicted molar refractivity (Wildman–Crippen MR) is 59.0 cm³/mol. The van der Waals surface area contributed by atoms with E-state index in [0.717, 1.165) is 23.3 Å². The monoisotopic (exact) mass is 205 g/mol. The minimum Gasteiger partial charge on any atom is -0.366 e. The van der Waals surface area contributed by atoms with E-state index in [1.807, 2.05) is 30.0 Å². The number of primary amides is 1. The maximum Gasteiger partial charge on any atom is 0.241 e. The zero-order valence-electron chi connectivity index (χ0n) is 7.69. The van der Waals surface area contributed by atoms with E-state index in [0.29, 0.717) is 0 Å². The fraction of sp³-hybridized carbons (Fsp3) is 0.182. The van der Waals surface area contributed by atoms with Gasteiger partial charge >= 0.3 is 0 Å². The molecule has 0 spiro atoms. The normalized spacial score (nSPS) is 17.9. The molecule has 0 bridgehead atoms. The summed E-state index contributed by atoms with van der Waals surface area (Å²) in [5.74, 6) is 0.664. The van der Waals surface area contributed by atoms with E-state index in [9.17, 15) is 4.79 Å². The Labute approximate surface area is 87.2 Å². The zero-order chi connectivity index (χ0) is 9.97. The van der Waals surface area contributed by atoms with Crippen LogP contribution >= 0.6 is 11.8 Å². The third-order valence-electron chi connectivity index (χ3n) is 2.18. The van der Waals surface area contributed by atoms with E-state index in [2.05, 4.69) is 6.07 Å². The number of amides is 1. The number of allylic oxidation sites excluding steroid dienone is 1. The second-order valence-electron chi connectivity index (χ2n) is 3.17. The van der Waals surface area contributed by atoms with E-state index >= 15 is 0 Å². The van der Waals surface area contributed by atoms with Crippen molar-refractivity contribution in [1.82, 2.24) is 0 Å². The number of hydrogen-bond donors (Lipinski definition) is 1. The fourth-order valence-electron chi connectivity index (χ4n) is 1.59. The Hall–Kier alpha value is -1.22. The molecule has 0 radical (unpaired) electrons. The third kappa shape index (κ3) is 1.82. The second kappa shape index (κ2) is 3.88. The van der Waals surface area contributed by atoms with E-state index < -0.39 is 0 Å². The lowest BCUT2D eigenvalue weighted by atomic mass is 10.0. The van der Waals surface area contributed by atoms with Crippen molar-refractivity contribution in [3.63, 3.8) is 0 Å². The van der Waals surface area contributed by atoms with Crippen molar-refractivity contribution in [3.05, 3.63) is 35.9 Å². The van der Waals surface area contributed by atoms with Gasteiger partial charge in [-0.15, -0.1) is 11.8 Å². The Bertz CT molecular complexity index is 398. The molecular formula is C11H11NOS. The van der Waals surface area contributed by atoms with Gasteiger partial charge in [-0.1, -0.05) is 18.2 Å². The molecule has 3 heteroatoms. The highest BCUT2D eigenvalue weighted by Gasteiger charge is 2.13. The number of fused-ring (bicyclic) bond motifs is 1. The van der Waals surface area contributed by atoms with Crippen LogP contribution in [-0.4, -0.2) is 11.7 Å². The van der Waals surface area contributed by atoms with Crippen molar-refractivity contribution in [2.45, 2.75) is 11.3 Å². The average molecular weight is 205 g/mol. The molecule has 1 aliphatic heterocycles. The summed E-state index contributed by atoms with van der Waals surface area (Å²) in [6, 6.07) is 8.11. The van der Waals surface area contributed by atoms with Crippen molar-refractivity contribution >= 4 is 23.2 Å².